The molecule has 2 N–H and O–H groups in total. The number of hydrogen-bond donors (Lipinski definition) is 2. The number of hydrogen-bond acceptors (Lipinski definition) is 2. The molecule has 0 bridgehead atoms. The number of amides is 1. The Morgan fingerprint density at radius 2 is 2.07 bits per heavy atom. The van der Waals surface area contributed by atoms with Crippen LogP contribution >= 0.6 is 0 Å². The van der Waals surface area contributed by atoms with E-state index in [9.17, 15) is 9.90 Å². The van der Waals surface area contributed by atoms with Crippen molar-refractivity contribution < 1.29 is 9.90 Å². The molecule has 1 atom stereocenters. The Balaban J connectivity index is 2.26. The SMILES string of the molecule is O=C1CC[C@@](CO)(c2ccccc2)CN1. The Labute approximate surface area is 89.1 Å². The second-order valence-electron chi connectivity index (χ2n) is 4.08. The van der Waals surface area contributed by atoms with Crippen LogP contribution in [0.15, 0.2) is 30.3 Å². The van der Waals surface area contributed by atoms with E-state index in [1.807, 2.05) is 30.3 Å². The Morgan fingerprint density at radius 1 is 1.33 bits per heavy atom. The van der Waals surface area contributed by atoms with Gasteiger partial charge in [0.2, 0.25) is 5.91 Å². The summed E-state index contributed by atoms with van der Waals surface area (Å²) in [6, 6.07) is 9.89. The van der Waals surface area contributed by atoms with Gasteiger partial charge in [-0.3, -0.25) is 4.79 Å². The van der Waals surface area contributed by atoms with Crippen molar-refractivity contribution in [3.8, 4) is 0 Å². The molecular formula is C12H15NO2. The van der Waals surface area contributed by atoms with E-state index in [4.69, 9.17) is 0 Å². The number of piperidine rings is 1. The third-order valence-electron chi connectivity index (χ3n) is 3.14. The Kier molecular flexibility index (Phi) is 2.73. The molecule has 1 amide bonds. The molecule has 80 valence electrons. The van der Waals surface area contributed by atoms with Crippen molar-refractivity contribution in [1.82, 2.24) is 5.32 Å². The Bertz CT molecular complexity index is 338. The molecule has 1 heterocycles. The van der Waals surface area contributed by atoms with Crippen molar-refractivity contribution in [3.05, 3.63) is 35.9 Å². The van der Waals surface area contributed by atoms with E-state index in [2.05, 4.69) is 5.32 Å². The summed E-state index contributed by atoms with van der Waals surface area (Å²) in [5.74, 6) is 0.0787. The highest BCUT2D eigenvalue weighted by atomic mass is 16.3. The van der Waals surface area contributed by atoms with Crippen LogP contribution in [0.3, 0.4) is 0 Å². The van der Waals surface area contributed by atoms with Crippen LogP contribution < -0.4 is 5.32 Å². The number of rotatable bonds is 2. The lowest BCUT2D eigenvalue weighted by Crippen LogP contribution is -2.48. The number of benzene rings is 1. The van der Waals surface area contributed by atoms with Gasteiger partial charge in [-0.25, -0.2) is 0 Å². The molecule has 2 rings (SSSR count). The van der Waals surface area contributed by atoms with Gasteiger partial charge in [-0.05, 0) is 12.0 Å². The zero-order chi connectivity index (χ0) is 10.7. The van der Waals surface area contributed by atoms with Crippen molar-refractivity contribution in [2.75, 3.05) is 13.2 Å². The maximum Gasteiger partial charge on any atom is 0.220 e. The second kappa shape index (κ2) is 4.03. The van der Waals surface area contributed by atoms with Gasteiger partial charge in [-0.2, -0.15) is 0 Å². The van der Waals surface area contributed by atoms with E-state index in [0.29, 0.717) is 13.0 Å². The first-order valence-corrected chi connectivity index (χ1v) is 5.20. The molecule has 0 aromatic heterocycles. The van der Waals surface area contributed by atoms with Gasteiger partial charge < -0.3 is 10.4 Å². The lowest BCUT2D eigenvalue weighted by atomic mass is 9.75. The quantitative estimate of drug-likeness (QED) is 0.751. The van der Waals surface area contributed by atoms with Crippen LogP contribution in [-0.2, 0) is 10.2 Å². The van der Waals surface area contributed by atoms with Crippen LogP contribution in [0.4, 0.5) is 0 Å². The molecule has 0 radical (unpaired) electrons. The van der Waals surface area contributed by atoms with Crippen molar-refractivity contribution in [3.63, 3.8) is 0 Å². The first-order chi connectivity index (χ1) is 7.27. The van der Waals surface area contributed by atoms with E-state index in [-0.39, 0.29) is 17.9 Å². The van der Waals surface area contributed by atoms with Crippen molar-refractivity contribution in [2.24, 2.45) is 0 Å². The fourth-order valence-corrected chi connectivity index (χ4v) is 2.06. The summed E-state index contributed by atoms with van der Waals surface area (Å²) in [6.45, 7) is 0.615. The fraction of sp³-hybridized carbons (Fsp3) is 0.417. The first kappa shape index (κ1) is 10.2. The predicted octanol–water partition coefficient (Wildman–Crippen LogP) is 0.827. The van der Waals surface area contributed by atoms with Gasteiger partial charge in [0.25, 0.3) is 0 Å². The topological polar surface area (TPSA) is 49.3 Å². The van der Waals surface area contributed by atoms with Crippen LogP contribution in [0.5, 0.6) is 0 Å². The molecule has 1 aliphatic heterocycles. The molecule has 0 saturated carbocycles. The molecule has 0 unspecified atom stereocenters. The maximum atomic E-state index is 11.1. The van der Waals surface area contributed by atoms with E-state index in [1.54, 1.807) is 0 Å². The first-order valence-electron chi connectivity index (χ1n) is 5.20. The normalized spacial score (nSPS) is 26.1. The highest BCUT2D eigenvalue weighted by Gasteiger charge is 2.35. The van der Waals surface area contributed by atoms with Crippen LogP contribution in [0.2, 0.25) is 0 Å². The van der Waals surface area contributed by atoms with Gasteiger partial charge >= 0.3 is 0 Å². The molecule has 1 aliphatic rings. The molecule has 3 nitrogen and oxygen atoms in total. The summed E-state index contributed by atoms with van der Waals surface area (Å²) in [4.78, 5) is 11.1. The van der Waals surface area contributed by atoms with Gasteiger partial charge in [0.1, 0.15) is 0 Å². The minimum atomic E-state index is -0.283. The third-order valence-corrected chi connectivity index (χ3v) is 3.14. The fourth-order valence-electron chi connectivity index (χ4n) is 2.06. The largest absolute Gasteiger partial charge is 0.395 e. The Morgan fingerprint density at radius 3 is 2.60 bits per heavy atom. The molecule has 1 fully saturated rings. The van der Waals surface area contributed by atoms with E-state index < -0.39 is 0 Å². The van der Waals surface area contributed by atoms with Gasteiger partial charge in [0.05, 0.1) is 6.61 Å². The number of nitrogens with one attached hydrogen (secondary N) is 1. The highest BCUT2D eigenvalue weighted by Crippen LogP contribution is 2.30. The molecule has 0 spiro atoms. The van der Waals surface area contributed by atoms with Gasteiger partial charge in [-0.15, -0.1) is 0 Å². The number of carbonyl (C=O) groups is 1. The minimum Gasteiger partial charge on any atom is -0.395 e. The summed E-state index contributed by atoms with van der Waals surface area (Å²) < 4.78 is 0. The summed E-state index contributed by atoms with van der Waals surface area (Å²) in [5.41, 5.74) is 0.822. The van der Waals surface area contributed by atoms with E-state index in [1.165, 1.54) is 0 Å². The summed E-state index contributed by atoms with van der Waals surface area (Å²) >= 11 is 0. The molecular weight excluding hydrogens is 190 g/mol. The van der Waals surface area contributed by atoms with E-state index in [0.717, 1.165) is 12.0 Å². The van der Waals surface area contributed by atoms with Gasteiger partial charge in [0.15, 0.2) is 0 Å². The second-order valence-corrected chi connectivity index (χ2v) is 4.08. The molecule has 1 aromatic rings. The standard InChI is InChI=1S/C12H15NO2/c14-9-12(7-6-11(15)13-8-12)10-4-2-1-3-5-10/h1-5,14H,6-9H2,(H,13,15)/t12-/m1/s1. The predicted molar refractivity (Wildman–Crippen MR) is 57.4 cm³/mol. The average molecular weight is 205 g/mol. The van der Waals surface area contributed by atoms with Crippen LogP contribution in [0, 0.1) is 0 Å². The maximum absolute atomic E-state index is 11.1. The molecule has 1 saturated heterocycles. The average Bonchev–Trinajstić information content (AvgIpc) is 2.32. The monoisotopic (exact) mass is 205 g/mol. The van der Waals surface area contributed by atoms with E-state index >= 15 is 0 Å². The zero-order valence-electron chi connectivity index (χ0n) is 8.57. The molecule has 1 aromatic carbocycles. The van der Waals surface area contributed by atoms with Crippen molar-refractivity contribution in [1.29, 1.82) is 0 Å². The van der Waals surface area contributed by atoms with Crippen LogP contribution in [0.1, 0.15) is 18.4 Å². The molecule has 15 heavy (non-hydrogen) atoms. The minimum absolute atomic E-state index is 0.0787. The third kappa shape index (κ3) is 1.88. The Hall–Kier alpha value is -1.35. The smallest absolute Gasteiger partial charge is 0.220 e. The van der Waals surface area contributed by atoms with Gasteiger partial charge in [-0.1, -0.05) is 30.3 Å². The number of aliphatic hydroxyl groups is 1. The van der Waals surface area contributed by atoms with Gasteiger partial charge in [0, 0.05) is 18.4 Å². The highest BCUT2D eigenvalue weighted by molar-refractivity contribution is 5.77. The van der Waals surface area contributed by atoms with Crippen molar-refractivity contribution in [2.45, 2.75) is 18.3 Å². The number of aliphatic hydroxyl groups excluding tert-OH is 1. The number of carbonyl (C=O) groups excluding carboxylic acids is 1. The van der Waals surface area contributed by atoms with Crippen LogP contribution in [0.25, 0.3) is 0 Å². The lowest BCUT2D eigenvalue weighted by Gasteiger charge is -2.36. The molecule has 0 aliphatic carbocycles. The van der Waals surface area contributed by atoms with Crippen LogP contribution in [-0.4, -0.2) is 24.2 Å². The van der Waals surface area contributed by atoms with Crippen molar-refractivity contribution >= 4 is 5.91 Å². The summed E-state index contributed by atoms with van der Waals surface area (Å²) in [7, 11) is 0. The molecule has 3 heteroatoms. The summed E-state index contributed by atoms with van der Waals surface area (Å²) in [5, 5.41) is 12.4. The zero-order valence-corrected chi connectivity index (χ0v) is 8.57. The lowest BCUT2D eigenvalue weighted by molar-refractivity contribution is -0.123. The summed E-state index contributed by atoms with van der Waals surface area (Å²) in [6.07, 6.45) is 1.22.